The second-order valence-corrected chi connectivity index (χ2v) is 6.29. The summed E-state index contributed by atoms with van der Waals surface area (Å²) in [6, 6.07) is 2.88. The van der Waals surface area contributed by atoms with Crippen molar-refractivity contribution in [2.45, 2.75) is 23.8 Å². The van der Waals surface area contributed by atoms with E-state index in [0.717, 1.165) is 19.4 Å². The molecule has 2 heterocycles. The van der Waals surface area contributed by atoms with Gasteiger partial charge in [0.05, 0.1) is 6.04 Å². The molecule has 7 nitrogen and oxygen atoms in total. The number of hydrogen-bond acceptors (Lipinski definition) is 5. The van der Waals surface area contributed by atoms with Crippen LogP contribution >= 0.6 is 0 Å². The van der Waals surface area contributed by atoms with Gasteiger partial charge in [-0.15, -0.1) is 0 Å². The van der Waals surface area contributed by atoms with E-state index >= 15 is 0 Å². The van der Waals surface area contributed by atoms with E-state index < -0.39 is 10.0 Å². The molecule has 1 aromatic heterocycles. The number of carbonyl (C=O) groups is 1. The van der Waals surface area contributed by atoms with Crippen LogP contribution in [-0.2, 0) is 14.8 Å². The summed E-state index contributed by atoms with van der Waals surface area (Å²) in [6.07, 6.45) is 4.61. The number of pyridine rings is 1. The lowest BCUT2D eigenvalue weighted by Gasteiger charge is -2.11. The van der Waals surface area contributed by atoms with E-state index in [4.69, 9.17) is 0 Å². The van der Waals surface area contributed by atoms with Crippen LogP contribution in [0.15, 0.2) is 29.4 Å². The summed E-state index contributed by atoms with van der Waals surface area (Å²) in [4.78, 5) is 15.6. The van der Waals surface area contributed by atoms with Crippen LogP contribution in [0.1, 0.15) is 12.8 Å². The van der Waals surface area contributed by atoms with E-state index in [-0.39, 0.29) is 29.9 Å². The molecule has 2 rings (SSSR count). The molecule has 0 aromatic carbocycles. The average molecular weight is 298 g/mol. The molecule has 1 aliphatic heterocycles. The molecule has 1 aromatic rings. The monoisotopic (exact) mass is 298 g/mol. The summed E-state index contributed by atoms with van der Waals surface area (Å²) in [5, 5.41) is 5.79. The molecule has 0 aliphatic carbocycles. The van der Waals surface area contributed by atoms with Gasteiger partial charge in [-0.3, -0.25) is 9.78 Å². The van der Waals surface area contributed by atoms with Crippen LogP contribution < -0.4 is 15.4 Å². The number of rotatable bonds is 6. The Hall–Kier alpha value is -1.51. The van der Waals surface area contributed by atoms with Gasteiger partial charge in [0.1, 0.15) is 4.90 Å². The molecule has 0 spiro atoms. The highest BCUT2D eigenvalue weighted by Crippen LogP contribution is 2.05. The molecule has 20 heavy (non-hydrogen) atoms. The number of aromatic nitrogens is 1. The van der Waals surface area contributed by atoms with Crippen molar-refractivity contribution in [1.29, 1.82) is 0 Å². The largest absolute Gasteiger partial charge is 0.353 e. The Kier molecular flexibility index (Phi) is 5.05. The van der Waals surface area contributed by atoms with Crippen LogP contribution in [0.3, 0.4) is 0 Å². The molecular weight excluding hydrogens is 280 g/mol. The first-order chi connectivity index (χ1) is 9.59. The first kappa shape index (κ1) is 14.9. The number of nitrogens with one attached hydrogen (secondary N) is 3. The third-order valence-corrected chi connectivity index (χ3v) is 4.48. The minimum absolute atomic E-state index is 0.0805. The Labute approximate surface area is 118 Å². The molecule has 3 N–H and O–H groups in total. The van der Waals surface area contributed by atoms with E-state index in [1.54, 1.807) is 6.07 Å². The Morgan fingerprint density at radius 1 is 1.45 bits per heavy atom. The predicted molar refractivity (Wildman–Crippen MR) is 73.5 cm³/mol. The Morgan fingerprint density at radius 3 is 2.95 bits per heavy atom. The minimum atomic E-state index is -3.56. The first-order valence-electron chi connectivity index (χ1n) is 6.50. The number of sulfonamides is 1. The molecule has 1 atom stereocenters. The minimum Gasteiger partial charge on any atom is -0.353 e. The Bertz CT molecular complexity index is 541. The maximum Gasteiger partial charge on any atom is 0.242 e. The summed E-state index contributed by atoms with van der Waals surface area (Å²) in [5.74, 6) is -0.0805. The predicted octanol–water partition coefficient (Wildman–Crippen LogP) is -0.772. The van der Waals surface area contributed by atoms with E-state index in [9.17, 15) is 13.2 Å². The normalized spacial score (nSPS) is 18.9. The number of carbonyl (C=O) groups excluding carboxylic acids is 1. The standard InChI is InChI=1S/C12H18N4O3S/c17-12(11-4-2-6-14-11)15-7-8-16-20(18,19)10-3-1-5-13-9-10/h1,3,5,9,11,14,16H,2,4,6-8H2,(H,15,17). The SMILES string of the molecule is O=C(NCCNS(=O)(=O)c1cccnc1)C1CCCN1. The van der Waals surface area contributed by atoms with Crippen LogP contribution in [0.5, 0.6) is 0 Å². The molecule has 0 radical (unpaired) electrons. The van der Waals surface area contributed by atoms with Gasteiger partial charge in [-0.1, -0.05) is 0 Å². The van der Waals surface area contributed by atoms with Crippen molar-refractivity contribution in [2.75, 3.05) is 19.6 Å². The summed E-state index contributed by atoms with van der Waals surface area (Å²) >= 11 is 0. The third kappa shape index (κ3) is 3.99. The highest BCUT2D eigenvalue weighted by atomic mass is 32.2. The van der Waals surface area contributed by atoms with Crippen LogP contribution in [0.25, 0.3) is 0 Å². The fourth-order valence-corrected chi connectivity index (χ4v) is 2.99. The Balaban J connectivity index is 1.74. The van der Waals surface area contributed by atoms with E-state index in [0.29, 0.717) is 0 Å². The molecule has 1 fully saturated rings. The van der Waals surface area contributed by atoms with Gasteiger partial charge in [0.2, 0.25) is 15.9 Å². The van der Waals surface area contributed by atoms with Crippen LogP contribution in [0, 0.1) is 0 Å². The van der Waals surface area contributed by atoms with Crippen LogP contribution in [-0.4, -0.2) is 45.0 Å². The van der Waals surface area contributed by atoms with Gasteiger partial charge in [0.15, 0.2) is 0 Å². The molecule has 1 unspecified atom stereocenters. The van der Waals surface area contributed by atoms with E-state index in [1.165, 1.54) is 18.5 Å². The van der Waals surface area contributed by atoms with Gasteiger partial charge < -0.3 is 10.6 Å². The van der Waals surface area contributed by atoms with Gasteiger partial charge in [0, 0.05) is 25.5 Å². The highest BCUT2D eigenvalue weighted by Gasteiger charge is 2.21. The van der Waals surface area contributed by atoms with Gasteiger partial charge in [-0.05, 0) is 31.5 Å². The molecule has 0 bridgehead atoms. The van der Waals surface area contributed by atoms with E-state index in [1.807, 2.05) is 0 Å². The molecule has 8 heteroatoms. The zero-order chi connectivity index (χ0) is 14.4. The van der Waals surface area contributed by atoms with Crippen molar-refractivity contribution in [3.8, 4) is 0 Å². The second kappa shape index (κ2) is 6.78. The molecular formula is C12H18N4O3S. The second-order valence-electron chi connectivity index (χ2n) is 4.53. The summed E-state index contributed by atoms with van der Waals surface area (Å²) in [7, 11) is -3.56. The van der Waals surface area contributed by atoms with Gasteiger partial charge >= 0.3 is 0 Å². The van der Waals surface area contributed by atoms with Crippen molar-refractivity contribution in [1.82, 2.24) is 20.3 Å². The van der Waals surface area contributed by atoms with Gasteiger partial charge in [-0.25, -0.2) is 13.1 Å². The molecule has 1 amide bonds. The van der Waals surface area contributed by atoms with Crippen LogP contribution in [0.2, 0.25) is 0 Å². The number of nitrogens with zero attached hydrogens (tertiary/aromatic N) is 1. The maximum absolute atomic E-state index is 11.9. The molecule has 110 valence electrons. The van der Waals surface area contributed by atoms with Crippen molar-refractivity contribution < 1.29 is 13.2 Å². The lowest BCUT2D eigenvalue weighted by molar-refractivity contribution is -0.122. The molecule has 0 saturated carbocycles. The smallest absolute Gasteiger partial charge is 0.242 e. The number of amides is 1. The van der Waals surface area contributed by atoms with E-state index in [2.05, 4.69) is 20.3 Å². The average Bonchev–Trinajstić information content (AvgIpc) is 2.98. The molecule has 1 saturated heterocycles. The highest BCUT2D eigenvalue weighted by molar-refractivity contribution is 7.89. The first-order valence-corrected chi connectivity index (χ1v) is 7.99. The van der Waals surface area contributed by atoms with Gasteiger partial charge in [-0.2, -0.15) is 0 Å². The topological polar surface area (TPSA) is 100 Å². The van der Waals surface area contributed by atoms with Gasteiger partial charge in [0.25, 0.3) is 0 Å². The quantitative estimate of drug-likeness (QED) is 0.599. The fraction of sp³-hybridized carbons (Fsp3) is 0.500. The van der Waals surface area contributed by atoms with Crippen LogP contribution in [0.4, 0.5) is 0 Å². The fourth-order valence-electron chi connectivity index (χ4n) is 1.99. The zero-order valence-electron chi connectivity index (χ0n) is 11.0. The summed E-state index contributed by atoms with van der Waals surface area (Å²) < 4.78 is 26.1. The lowest BCUT2D eigenvalue weighted by atomic mass is 10.2. The van der Waals surface area contributed by atoms with Crippen molar-refractivity contribution in [2.24, 2.45) is 0 Å². The zero-order valence-corrected chi connectivity index (χ0v) is 11.8. The Morgan fingerprint density at radius 2 is 2.30 bits per heavy atom. The lowest BCUT2D eigenvalue weighted by Crippen LogP contribution is -2.43. The van der Waals surface area contributed by atoms with Crippen molar-refractivity contribution in [3.05, 3.63) is 24.5 Å². The third-order valence-electron chi connectivity index (χ3n) is 3.04. The summed E-state index contributed by atoms with van der Waals surface area (Å²) in [5.41, 5.74) is 0. The summed E-state index contributed by atoms with van der Waals surface area (Å²) in [6.45, 7) is 1.26. The maximum atomic E-state index is 11.9. The van der Waals surface area contributed by atoms with Crippen molar-refractivity contribution >= 4 is 15.9 Å². The number of hydrogen-bond donors (Lipinski definition) is 3. The molecule has 1 aliphatic rings. The van der Waals surface area contributed by atoms with Crippen molar-refractivity contribution in [3.63, 3.8) is 0 Å².